The van der Waals surface area contributed by atoms with Gasteiger partial charge in [0.1, 0.15) is 11.6 Å². The van der Waals surface area contributed by atoms with E-state index in [2.05, 4.69) is 4.90 Å². The number of hydrogen-bond acceptors (Lipinski definition) is 2. The second-order valence-corrected chi connectivity index (χ2v) is 8.67. The van der Waals surface area contributed by atoms with Crippen LogP contribution >= 0.6 is 11.6 Å². The van der Waals surface area contributed by atoms with E-state index in [9.17, 15) is 13.6 Å². The van der Waals surface area contributed by atoms with Gasteiger partial charge in [-0.1, -0.05) is 41.9 Å². The molecule has 4 nitrogen and oxygen atoms in total. The summed E-state index contributed by atoms with van der Waals surface area (Å²) in [6, 6.07) is 20.2. The number of urea groups is 1. The SMILES string of the molecule is NC(=O)N(CCCN(CCCc1cc(F)ccc1F)CCc1ccc(Cl)cc1)c1ccccc1. The Morgan fingerprint density at radius 2 is 1.53 bits per heavy atom. The van der Waals surface area contributed by atoms with Crippen LogP contribution in [0.15, 0.2) is 72.8 Å². The third kappa shape index (κ3) is 8.12. The fourth-order valence-electron chi connectivity index (χ4n) is 3.93. The zero-order valence-electron chi connectivity index (χ0n) is 19.1. The summed E-state index contributed by atoms with van der Waals surface area (Å²) in [6.07, 6.45) is 2.72. The quantitative estimate of drug-likeness (QED) is 0.338. The van der Waals surface area contributed by atoms with Gasteiger partial charge in [0.05, 0.1) is 0 Å². The lowest BCUT2D eigenvalue weighted by molar-refractivity contribution is 0.251. The predicted molar refractivity (Wildman–Crippen MR) is 134 cm³/mol. The number of halogens is 3. The molecule has 2 N–H and O–H groups in total. The van der Waals surface area contributed by atoms with Crippen molar-refractivity contribution in [3.63, 3.8) is 0 Å². The number of nitrogens with two attached hydrogens (primary N) is 1. The molecule has 2 amide bonds. The number of nitrogens with zero attached hydrogens (tertiary/aromatic N) is 2. The van der Waals surface area contributed by atoms with E-state index in [4.69, 9.17) is 17.3 Å². The Balaban J connectivity index is 1.58. The Labute approximate surface area is 204 Å². The predicted octanol–water partition coefficient (Wildman–Crippen LogP) is 6.07. The van der Waals surface area contributed by atoms with Crippen molar-refractivity contribution in [2.75, 3.05) is 31.1 Å². The molecule has 0 atom stereocenters. The van der Waals surface area contributed by atoms with Crippen molar-refractivity contribution in [1.29, 1.82) is 0 Å². The molecule has 180 valence electrons. The average molecular weight is 486 g/mol. The zero-order chi connectivity index (χ0) is 24.3. The van der Waals surface area contributed by atoms with E-state index in [1.54, 1.807) is 4.90 Å². The van der Waals surface area contributed by atoms with Gasteiger partial charge in [-0.2, -0.15) is 0 Å². The minimum Gasteiger partial charge on any atom is -0.351 e. The molecule has 0 unspecified atom stereocenters. The van der Waals surface area contributed by atoms with Crippen LogP contribution in [0.2, 0.25) is 5.02 Å². The number of aryl methyl sites for hydroxylation is 1. The molecule has 0 bridgehead atoms. The van der Waals surface area contributed by atoms with Crippen molar-refractivity contribution >= 4 is 23.3 Å². The van der Waals surface area contributed by atoms with Crippen molar-refractivity contribution in [3.8, 4) is 0 Å². The lowest BCUT2D eigenvalue weighted by Gasteiger charge is -2.25. The normalized spacial score (nSPS) is 11.1. The maximum atomic E-state index is 14.0. The van der Waals surface area contributed by atoms with Crippen LogP contribution < -0.4 is 10.6 Å². The van der Waals surface area contributed by atoms with Gasteiger partial charge in [-0.3, -0.25) is 4.90 Å². The number of amides is 2. The molecule has 0 saturated heterocycles. The molecule has 0 aliphatic rings. The van der Waals surface area contributed by atoms with Gasteiger partial charge in [0.15, 0.2) is 0 Å². The molecule has 34 heavy (non-hydrogen) atoms. The molecule has 0 aromatic heterocycles. The molecule has 0 fully saturated rings. The van der Waals surface area contributed by atoms with Gasteiger partial charge in [0.25, 0.3) is 0 Å². The summed E-state index contributed by atoms with van der Waals surface area (Å²) in [7, 11) is 0. The third-order valence-electron chi connectivity index (χ3n) is 5.75. The fourth-order valence-corrected chi connectivity index (χ4v) is 4.05. The highest BCUT2D eigenvalue weighted by molar-refractivity contribution is 6.30. The molecule has 0 radical (unpaired) electrons. The number of benzene rings is 3. The highest BCUT2D eigenvalue weighted by atomic mass is 35.5. The zero-order valence-corrected chi connectivity index (χ0v) is 19.9. The van der Waals surface area contributed by atoms with Crippen molar-refractivity contribution < 1.29 is 13.6 Å². The first-order valence-electron chi connectivity index (χ1n) is 11.4. The molecule has 3 rings (SSSR count). The summed E-state index contributed by atoms with van der Waals surface area (Å²) in [5.74, 6) is -0.808. The largest absolute Gasteiger partial charge is 0.351 e. The van der Waals surface area contributed by atoms with E-state index in [1.165, 1.54) is 17.7 Å². The third-order valence-corrected chi connectivity index (χ3v) is 6.00. The Bertz CT molecular complexity index is 1050. The van der Waals surface area contributed by atoms with Gasteiger partial charge < -0.3 is 10.6 Å². The van der Waals surface area contributed by atoms with Crippen molar-refractivity contribution in [3.05, 3.63) is 101 Å². The lowest BCUT2D eigenvalue weighted by atomic mass is 10.1. The van der Waals surface area contributed by atoms with E-state index in [0.717, 1.165) is 44.2 Å². The minimum atomic E-state index is -0.486. The van der Waals surface area contributed by atoms with Crippen LogP contribution in [-0.4, -0.2) is 37.1 Å². The Hall–Kier alpha value is -2.96. The van der Waals surface area contributed by atoms with Crippen LogP contribution in [0.5, 0.6) is 0 Å². The number of carbonyl (C=O) groups is 1. The summed E-state index contributed by atoms with van der Waals surface area (Å²) in [5, 5.41) is 0.699. The van der Waals surface area contributed by atoms with Crippen LogP contribution in [0.1, 0.15) is 24.0 Å². The van der Waals surface area contributed by atoms with Gasteiger partial charge in [0, 0.05) is 23.8 Å². The van der Waals surface area contributed by atoms with E-state index in [1.807, 2.05) is 54.6 Å². The average Bonchev–Trinajstić information content (AvgIpc) is 2.83. The van der Waals surface area contributed by atoms with Crippen LogP contribution in [0.4, 0.5) is 19.3 Å². The van der Waals surface area contributed by atoms with Gasteiger partial charge in [0.2, 0.25) is 0 Å². The summed E-state index contributed by atoms with van der Waals surface area (Å²) in [6.45, 7) is 2.77. The Morgan fingerprint density at radius 3 is 2.24 bits per heavy atom. The highest BCUT2D eigenvalue weighted by Gasteiger charge is 2.13. The molecule has 0 aliphatic heterocycles. The second-order valence-electron chi connectivity index (χ2n) is 8.24. The van der Waals surface area contributed by atoms with Gasteiger partial charge >= 0.3 is 6.03 Å². The number of anilines is 1. The standard InChI is InChI=1S/C27H30ClF2N3O/c28-23-11-9-21(10-12-23)15-19-32(16-4-6-22-20-24(29)13-14-26(22)30)17-5-18-33(27(31)34)25-7-2-1-3-8-25/h1-3,7-14,20H,4-6,15-19H2,(H2,31,34). The molecule has 0 aliphatic carbocycles. The van der Waals surface area contributed by atoms with Gasteiger partial charge in [-0.15, -0.1) is 0 Å². The van der Waals surface area contributed by atoms with Gasteiger partial charge in [-0.25, -0.2) is 13.6 Å². The summed E-state index contributed by atoms with van der Waals surface area (Å²) in [4.78, 5) is 15.8. The number of carbonyl (C=O) groups excluding carboxylic acids is 1. The number of primary amides is 1. The van der Waals surface area contributed by atoms with Crippen LogP contribution in [0.25, 0.3) is 0 Å². The van der Waals surface area contributed by atoms with Gasteiger partial charge in [-0.05, 0) is 92.4 Å². The smallest absolute Gasteiger partial charge is 0.319 e. The first-order chi connectivity index (χ1) is 16.4. The molecule has 3 aromatic carbocycles. The Kier molecular flexibility index (Phi) is 9.86. The van der Waals surface area contributed by atoms with Crippen molar-refractivity contribution in [2.24, 2.45) is 5.73 Å². The summed E-state index contributed by atoms with van der Waals surface area (Å²) in [5.41, 5.74) is 7.93. The highest BCUT2D eigenvalue weighted by Crippen LogP contribution is 2.15. The molecule has 0 saturated carbocycles. The molecular weight excluding hydrogens is 456 g/mol. The van der Waals surface area contributed by atoms with E-state index < -0.39 is 11.8 Å². The first kappa shape index (κ1) is 25.7. The van der Waals surface area contributed by atoms with Crippen LogP contribution in [-0.2, 0) is 12.8 Å². The molecule has 7 heteroatoms. The van der Waals surface area contributed by atoms with Crippen molar-refractivity contribution in [2.45, 2.75) is 25.7 Å². The summed E-state index contributed by atoms with van der Waals surface area (Å²) >= 11 is 5.99. The first-order valence-corrected chi connectivity index (χ1v) is 11.8. The topological polar surface area (TPSA) is 49.6 Å². The maximum Gasteiger partial charge on any atom is 0.319 e. The minimum absolute atomic E-state index is 0.380. The van der Waals surface area contributed by atoms with E-state index in [-0.39, 0.29) is 5.82 Å². The lowest BCUT2D eigenvalue weighted by Crippen LogP contribution is -2.38. The number of rotatable bonds is 12. The molecule has 0 spiro atoms. The molecule has 3 aromatic rings. The van der Waals surface area contributed by atoms with Crippen LogP contribution in [0.3, 0.4) is 0 Å². The molecule has 0 heterocycles. The van der Waals surface area contributed by atoms with Crippen LogP contribution in [0, 0.1) is 11.6 Å². The second kappa shape index (κ2) is 13.1. The monoisotopic (exact) mass is 485 g/mol. The van der Waals surface area contributed by atoms with E-state index in [0.29, 0.717) is 30.0 Å². The molecular formula is C27H30ClF2N3O. The summed E-state index contributed by atoms with van der Waals surface area (Å²) < 4.78 is 27.5. The van der Waals surface area contributed by atoms with Crippen molar-refractivity contribution in [1.82, 2.24) is 4.90 Å². The van der Waals surface area contributed by atoms with E-state index >= 15 is 0 Å². The number of para-hydroxylation sites is 1. The Morgan fingerprint density at radius 1 is 0.824 bits per heavy atom. The fraction of sp³-hybridized carbons (Fsp3) is 0.296. The maximum absolute atomic E-state index is 14.0. The number of hydrogen-bond donors (Lipinski definition) is 1.